The molecule has 0 spiro atoms. The molecule has 0 aliphatic carbocycles. The second-order valence-corrected chi connectivity index (χ2v) is 5.79. The van der Waals surface area contributed by atoms with Gasteiger partial charge in [0.25, 0.3) is 0 Å². The standard InChI is InChI=1S/C20H17ClO2/c1-14-6-3-8-17(12-14)22-19-10-5-11-20(15(19)2)23-18-9-4-7-16(21)13-18/h3-13H,1-2H3. The Kier molecular flexibility index (Phi) is 4.54. The van der Waals surface area contributed by atoms with Crippen LogP contribution in [0.15, 0.2) is 66.7 Å². The van der Waals surface area contributed by atoms with Crippen molar-refractivity contribution in [2.24, 2.45) is 0 Å². The molecule has 116 valence electrons. The second-order valence-electron chi connectivity index (χ2n) is 5.36. The molecule has 0 heterocycles. The SMILES string of the molecule is Cc1cccc(Oc2cccc(Oc3cccc(Cl)c3)c2C)c1. The summed E-state index contributed by atoms with van der Waals surface area (Å²) < 4.78 is 11.9. The van der Waals surface area contributed by atoms with Gasteiger partial charge in [0.05, 0.1) is 0 Å². The molecule has 0 N–H and O–H groups in total. The number of benzene rings is 3. The van der Waals surface area contributed by atoms with E-state index in [1.807, 2.05) is 74.5 Å². The summed E-state index contributed by atoms with van der Waals surface area (Å²) in [6.45, 7) is 4.02. The van der Waals surface area contributed by atoms with E-state index in [0.717, 1.165) is 28.4 Å². The molecule has 3 aromatic rings. The van der Waals surface area contributed by atoms with E-state index in [2.05, 4.69) is 0 Å². The molecular weight excluding hydrogens is 308 g/mol. The van der Waals surface area contributed by atoms with Crippen LogP contribution in [0.5, 0.6) is 23.0 Å². The third-order valence-electron chi connectivity index (χ3n) is 3.48. The summed E-state index contributed by atoms with van der Waals surface area (Å²) in [5, 5.41) is 0.646. The van der Waals surface area contributed by atoms with Gasteiger partial charge < -0.3 is 9.47 Å². The predicted octanol–water partition coefficient (Wildman–Crippen LogP) is 6.54. The van der Waals surface area contributed by atoms with Crippen LogP contribution in [0.1, 0.15) is 11.1 Å². The van der Waals surface area contributed by atoms with Crippen LogP contribution in [0.2, 0.25) is 5.02 Å². The van der Waals surface area contributed by atoms with E-state index in [9.17, 15) is 0 Å². The molecule has 0 radical (unpaired) electrons. The number of ether oxygens (including phenoxy) is 2. The van der Waals surface area contributed by atoms with Gasteiger partial charge in [0.15, 0.2) is 0 Å². The van der Waals surface area contributed by atoms with Gasteiger partial charge in [-0.1, -0.05) is 35.9 Å². The first-order valence-electron chi connectivity index (χ1n) is 7.39. The molecule has 0 unspecified atom stereocenters. The fraction of sp³-hybridized carbons (Fsp3) is 0.100. The lowest BCUT2D eigenvalue weighted by molar-refractivity contribution is 0.453. The fourth-order valence-electron chi connectivity index (χ4n) is 2.28. The first kappa shape index (κ1) is 15.4. The van der Waals surface area contributed by atoms with Crippen LogP contribution < -0.4 is 9.47 Å². The van der Waals surface area contributed by atoms with Gasteiger partial charge >= 0.3 is 0 Å². The molecule has 0 atom stereocenters. The Bertz CT molecular complexity index is 762. The van der Waals surface area contributed by atoms with Crippen molar-refractivity contribution in [2.45, 2.75) is 13.8 Å². The maximum atomic E-state index is 6.00. The highest BCUT2D eigenvalue weighted by Gasteiger charge is 2.08. The highest BCUT2D eigenvalue weighted by Crippen LogP contribution is 2.34. The molecule has 0 saturated heterocycles. The lowest BCUT2D eigenvalue weighted by Gasteiger charge is -2.13. The third-order valence-corrected chi connectivity index (χ3v) is 3.71. The Hall–Kier alpha value is -2.45. The first-order valence-corrected chi connectivity index (χ1v) is 7.77. The summed E-state index contributed by atoms with van der Waals surface area (Å²) in [6.07, 6.45) is 0. The van der Waals surface area contributed by atoms with Gasteiger partial charge in [0, 0.05) is 10.6 Å². The Morgan fingerprint density at radius 1 is 0.696 bits per heavy atom. The number of hydrogen-bond donors (Lipinski definition) is 0. The van der Waals surface area contributed by atoms with Crippen molar-refractivity contribution in [1.82, 2.24) is 0 Å². The normalized spacial score (nSPS) is 10.4. The van der Waals surface area contributed by atoms with Gasteiger partial charge in [0.2, 0.25) is 0 Å². The smallest absolute Gasteiger partial charge is 0.134 e. The Morgan fingerprint density at radius 2 is 1.26 bits per heavy atom. The highest BCUT2D eigenvalue weighted by molar-refractivity contribution is 6.30. The summed E-state index contributed by atoms with van der Waals surface area (Å²) >= 11 is 6.00. The fourth-order valence-corrected chi connectivity index (χ4v) is 2.46. The Balaban J connectivity index is 1.86. The van der Waals surface area contributed by atoms with E-state index in [-0.39, 0.29) is 0 Å². The number of aryl methyl sites for hydroxylation is 1. The zero-order valence-corrected chi connectivity index (χ0v) is 13.8. The van der Waals surface area contributed by atoms with Gasteiger partial charge in [-0.25, -0.2) is 0 Å². The van der Waals surface area contributed by atoms with Gasteiger partial charge in [0.1, 0.15) is 23.0 Å². The molecule has 23 heavy (non-hydrogen) atoms. The topological polar surface area (TPSA) is 18.5 Å². The molecule has 0 aliphatic heterocycles. The van der Waals surface area contributed by atoms with Crippen molar-refractivity contribution < 1.29 is 9.47 Å². The highest BCUT2D eigenvalue weighted by atomic mass is 35.5. The summed E-state index contributed by atoms with van der Waals surface area (Å²) in [6, 6.07) is 21.1. The van der Waals surface area contributed by atoms with E-state index in [0.29, 0.717) is 10.8 Å². The molecule has 2 nitrogen and oxygen atoms in total. The maximum absolute atomic E-state index is 6.00. The minimum atomic E-state index is 0.646. The van der Waals surface area contributed by atoms with Gasteiger partial charge in [-0.15, -0.1) is 0 Å². The lowest BCUT2D eigenvalue weighted by Crippen LogP contribution is -1.92. The first-order chi connectivity index (χ1) is 11.1. The van der Waals surface area contributed by atoms with Crippen molar-refractivity contribution in [3.8, 4) is 23.0 Å². The summed E-state index contributed by atoms with van der Waals surface area (Å²) in [5.41, 5.74) is 2.10. The van der Waals surface area contributed by atoms with Crippen LogP contribution in [0.25, 0.3) is 0 Å². The molecule has 3 aromatic carbocycles. The molecular formula is C20H17ClO2. The van der Waals surface area contributed by atoms with Crippen molar-refractivity contribution in [2.75, 3.05) is 0 Å². The average Bonchev–Trinajstić information content (AvgIpc) is 2.51. The zero-order chi connectivity index (χ0) is 16.2. The van der Waals surface area contributed by atoms with Crippen molar-refractivity contribution >= 4 is 11.6 Å². The molecule has 0 bridgehead atoms. The number of hydrogen-bond acceptors (Lipinski definition) is 2. The largest absolute Gasteiger partial charge is 0.457 e. The van der Waals surface area contributed by atoms with E-state index in [1.165, 1.54) is 0 Å². The molecule has 0 aliphatic rings. The lowest BCUT2D eigenvalue weighted by atomic mass is 10.2. The Labute approximate surface area is 141 Å². The van der Waals surface area contributed by atoms with E-state index in [1.54, 1.807) is 6.07 Å². The van der Waals surface area contributed by atoms with Crippen molar-refractivity contribution in [3.05, 3.63) is 82.9 Å². The van der Waals surface area contributed by atoms with Gasteiger partial charge in [-0.2, -0.15) is 0 Å². The van der Waals surface area contributed by atoms with Gasteiger partial charge in [-0.05, 0) is 61.9 Å². The van der Waals surface area contributed by atoms with E-state index < -0.39 is 0 Å². The monoisotopic (exact) mass is 324 g/mol. The summed E-state index contributed by atoms with van der Waals surface area (Å²) in [5.74, 6) is 3.04. The molecule has 3 heteroatoms. The van der Waals surface area contributed by atoms with E-state index >= 15 is 0 Å². The second kappa shape index (κ2) is 6.76. The quantitative estimate of drug-likeness (QED) is 0.542. The van der Waals surface area contributed by atoms with Crippen LogP contribution in [0, 0.1) is 13.8 Å². The molecule has 0 amide bonds. The Morgan fingerprint density at radius 3 is 1.87 bits per heavy atom. The minimum absolute atomic E-state index is 0.646. The van der Waals surface area contributed by atoms with Crippen molar-refractivity contribution in [3.63, 3.8) is 0 Å². The van der Waals surface area contributed by atoms with Crippen LogP contribution in [-0.2, 0) is 0 Å². The average molecular weight is 325 g/mol. The molecule has 0 aromatic heterocycles. The maximum Gasteiger partial charge on any atom is 0.134 e. The molecule has 0 saturated carbocycles. The summed E-state index contributed by atoms with van der Waals surface area (Å²) in [7, 11) is 0. The third kappa shape index (κ3) is 3.85. The van der Waals surface area contributed by atoms with E-state index in [4.69, 9.17) is 21.1 Å². The zero-order valence-electron chi connectivity index (χ0n) is 13.0. The predicted molar refractivity (Wildman–Crippen MR) is 94.0 cm³/mol. The molecule has 3 rings (SSSR count). The van der Waals surface area contributed by atoms with Gasteiger partial charge in [-0.3, -0.25) is 0 Å². The number of halogens is 1. The van der Waals surface area contributed by atoms with Crippen LogP contribution in [-0.4, -0.2) is 0 Å². The van der Waals surface area contributed by atoms with Crippen LogP contribution in [0.3, 0.4) is 0 Å². The van der Waals surface area contributed by atoms with Crippen molar-refractivity contribution in [1.29, 1.82) is 0 Å². The molecule has 0 fully saturated rings. The van der Waals surface area contributed by atoms with Crippen LogP contribution in [0.4, 0.5) is 0 Å². The number of rotatable bonds is 4. The minimum Gasteiger partial charge on any atom is -0.457 e. The summed E-state index contributed by atoms with van der Waals surface area (Å²) in [4.78, 5) is 0. The van der Waals surface area contributed by atoms with Crippen LogP contribution >= 0.6 is 11.6 Å².